The molecule has 1 aromatic carbocycles. The van der Waals surface area contributed by atoms with Gasteiger partial charge in [-0.25, -0.2) is 4.98 Å². The summed E-state index contributed by atoms with van der Waals surface area (Å²) in [5, 5.41) is -0.270. The van der Waals surface area contributed by atoms with Crippen LogP contribution in [0.3, 0.4) is 0 Å². The summed E-state index contributed by atoms with van der Waals surface area (Å²) in [7, 11) is 3.51. The van der Waals surface area contributed by atoms with E-state index in [0.717, 1.165) is 52.4 Å². The van der Waals surface area contributed by atoms with Crippen molar-refractivity contribution in [3.63, 3.8) is 0 Å². The molecule has 1 aliphatic rings. The lowest BCUT2D eigenvalue weighted by Crippen LogP contribution is -2.43. The summed E-state index contributed by atoms with van der Waals surface area (Å²) in [5.74, 6) is 1.85. The number of aryl methyl sites for hydroxylation is 1. The summed E-state index contributed by atoms with van der Waals surface area (Å²) in [6, 6.07) is 7.46. The maximum atomic E-state index is 14.0. The van der Waals surface area contributed by atoms with Crippen LogP contribution >= 0.6 is 11.3 Å². The first-order valence-electron chi connectivity index (χ1n) is 11.4. The number of benzene rings is 1. The molecular weight excluding hydrogens is 437 g/mol. The highest BCUT2D eigenvalue weighted by Gasteiger charge is 2.33. The number of fused-ring (bicyclic) bond motifs is 3. The molecule has 0 aliphatic carbocycles. The second kappa shape index (κ2) is 8.60. The number of amides is 1. The Morgan fingerprint density at radius 3 is 2.58 bits per heavy atom. The number of rotatable bonds is 5. The average Bonchev–Trinajstić information content (AvgIpc) is 3.34. The topological polar surface area (TPSA) is 47.4 Å². The Hall–Kier alpha value is -2.67. The highest BCUT2D eigenvalue weighted by molar-refractivity contribution is 7.13. The van der Waals surface area contributed by atoms with Crippen LogP contribution in [0.15, 0.2) is 24.3 Å². The van der Waals surface area contributed by atoms with Crippen LogP contribution in [0.1, 0.15) is 61.9 Å². The molecule has 4 rings (SSSR count). The average molecular weight is 470 g/mol. The summed E-state index contributed by atoms with van der Waals surface area (Å²) >= 11 is 1.05. The normalized spacial score (nSPS) is 13.1. The van der Waals surface area contributed by atoms with E-state index < -0.39 is 0 Å². The van der Waals surface area contributed by atoms with Gasteiger partial charge in [0.05, 0.1) is 23.4 Å². The molecule has 0 radical (unpaired) electrons. The summed E-state index contributed by atoms with van der Waals surface area (Å²) in [6.07, 6.45) is 2.35. The number of carbonyl (C=O) groups is 1. The molecule has 5 nitrogen and oxygen atoms in total. The van der Waals surface area contributed by atoms with Gasteiger partial charge in [-0.1, -0.05) is 13.8 Å². The first-order valence-corrected chi connectivity index (χ1v) is 12.2. The molecule has 3 heterocycles. The van der Waals surface area contributed by atoms with Gasteiger partial charge in [0.15, 0.2) is 16.6 Å². The van der Waals surface area contributed by atoms with Gasteiger partial charge in [0.2, 0.25) is 0 Å². The van der Waals surface area contributed by atoms with Gasteiger partial charge in [0, 0.05) is 12.6 Å². The Morgan fingerprint density at radius 1 is 1.27 bits per heavy atom. The number of imidazole rings is 1. The SMILES string of the molecule is COc1cc2c(cc1CC(C)C)-n1c(-c3ccc(F)s3)nc(C(=O)N(C)C(C)(C)C)c1CC2. The summed E-state index contributed by atoms with van der Waals surface area (Å²) < 4.78 is 21.8. The predicted octanol–water partition coefficient (Wildman–Crippen LogP) is 5.92. The van der Waals surface area contributed by atoms with Gasteiger partial charge in [-0.3, -0.25) is 9.36 Å². The lowest BCUT2D eigenvalue weighted by Gasteiger charge is -2.32. The third kappa shape index (κ3) is 4.31. The van der Waals surface area contributed by atoms with Crippen LogP contribution in [0.4, 0.5) is 4.39 Å². The Bertz CT molecular complexity index is 1200. The highest BCUT2D eigenvalue weighted by Crippen LogP contribution is 2.39. The lowest BCUT2D eigenvalue weighted by molar-refractivity contribution is 0.0649. The third-order valence-corrected chi connectivity index (χ3v) is 7.13. The zero-order chi connectivity index (χ0) is 24.1. The van der Waals surface area contributed by atoms with Crippen molar-refractivity contribution in [2.75, 3.05) is 14.2 Å². The van der Waals surface area contributed by atoms with E-state index in [0.29, 0.717) is 28.7 Å². The Labute approximate surface area is 199 Å². The maximum absolute atomic E-state index is 14.0. The number of halogens is 1. The van der Waals surface area contributed by atoms with Gasteiger partial charge >= 0.3 is 0 Å². The first kappa shape index (κ1) is 23.5. The molecule has 7 heteroatoms. The standard InChI is InChI=1S/C26H32FN3O2S/c1-15(2)12-17-13-19-16(14-20(17)32-7)8-9-18-23(25(31)29(6)26(3,4)5)28-24(30(18)19)21-10-11-22(27)33-21/h10-11,13-15H,8-9,12H2,1-7H3. The Kier molecular flexibility index (Phi) is 6.12. The highest BCUT2D eigenvalue weighted by atomic mass is 32.1. The van der Waals surface area contributed by atoms with Gasteiger partial charge in [-0.05, 0) is 81.3 Å². The van der Waals surface area contributed by atoms with Crippen molar-refractivity contribution in [2.45, 2.75) is 59.4 Å². The lowest BCUT2D eigenvalue weighted by atomic mass is 9.94. The maximum Gasteiger partial charge on any atom is 0.274 e. The summed E-state index contributed by atoms with van der Waals surface area (Å²) in [4.78, 5) is 20.8. The van der Waals surface area contributed by atoms with E-state index in [1.165, 1.54) is 6.07 Å². The van der Waals surface area contributed by atoms with Crippen molar-refractivity contribution < 1.29 is 13.9 Å². The molecule has 1 aliphatic heterocycles. The fraction of sp³-hybridized carbons (Fsp3) is 0.462. The van der Waals surface area contributed by atoms with E-state index in [-0.39, 0.29) is 16.6 Å². The van der Waals surface area contributed by atoms with Gasteiger partial charge in [-0.2, -0.15) is 4.39 Å². The van der Waals surface area contributed by atoms with Crippen LogP contribution in [0, 0.1) is 11.0 Å². The largest absolute Gasteiger partial charge is 0.496 e. The molecule has 2 aromatic heterocycles. The minimum Gasteiger partial charge on any atom is -0.496 e. The number of nitrogens with zero attached hydrogens (tertiary/aromatic N) is 3. The molecule has 0 unspecified atom stereocenters. The summed E-state index contributed by atoms with van der Waals surface area (Å²) in [6.45, 7) is 10.4. The molecule has 0 N–H and O–H groups in total. The van der Waals surface area contributed by atoms with Crippen LogP contribution in [-0.4, -0.2) is 40.1 Å². The molecule has 0 bridgehead atoms. The number of ether oxygens (including phenoxy) is 1. The minimum atomic E-state index is -0.340. The molecule has 1 amide bonds. The van der Waals surface area contributed by atoms with Crippen LogP contribution in [-0.2, 0) is 19.3 Å². The number of carbonyl (C=O) groups excluding carboxylic acids is 1. The van der Waals surface area contributed by atoms with E-state index >= 15 is 0 Å². The van der Waals surface area contributed by atoms with Gasteiger partial charge in [0.25, 0.3) is 5.91 Å². The fourth-order valence-electron chi connectivity index (χ4n) is 4.28. The monoisotopic (exact) mass is 469 g/mol. The predicted molar refractivity (Wildman–Crippen MR) is 131 cm³/mol. The van der Waals surface area contributed by atoms with Gasteiger partial charge in [0.1, 0.15) is 5.75 Å². The Morgan fingerprint density at radius 2 is 2.00 bits per heavy atom. The number of aromatic nitrogens is 2. The molecular formula is C26H32FN3O2S. The molecule has 3 aromatic rings. The van der Waals surface area contributed by atoms with Crippen molar-refractivity contribution in [3.05, 3.63) is 51.9 Å². The van der Waals surface area contributed by atoms with E-state index in [1.807, 2.05) is 20.8 Å². The van der Waals surface area contributed by atoms with E-state index in [4.69, 9.17) is 9.72 Å². The number of hydrogen-bond donors (Lipinski definition) is 0. The molecule has 0 atom stereocenters. The van der Waals surface area contributed by atoms with Crippen molar-refractivity contribution in [2.24, 2.45) is 5.92 Å². The zero-order valence-electron chi connectivity index (χ0n) is 20.5. The smallest absolute Gasteiger partial charge is 0.274 e. The van der Waals surface area contributed by atoms with Crippen LogP contribution in [0.25, 0.3) is 16.4 Å². The van der Waals surface area contributed by atoms with Crippen molar-refractivity contribution in [1.29, 1.82) is 0 Å². The zero-order valence-corrected chi connectivity index (χ0v) is 21.3. The van der Waals surface area contributed by atoms with Crippen LogP contribution in [0.5, 0.6) is 5.75 Å². The second-order valence-electron chi connectivity index (χ2n) is 10.1. The number of methoxy groups -OCH3 is 1. The first-order chi connectivity index (χ1) is 15.5. The quantitative estimate of drug-likeness (QED) is 0.466. The molecule has 0 saturated carbocycles. The molecule has 33 heavy (non-hydrogen) atoms. The van der Waals surface area contributed by atoms with Crippen molar-refractivity contribution >= 4 is 17.2 Å². The number of thiophene rings is 1. The number of hydrogen-bond acceptors (Lipinski definition) is 4. The van der Waals surface area contributed by atoms with E-state index in [2.05, 4.69) is 30.5 Å². The van der Waals surface area contributed by atoms with Crippen molar-refractivity contribution in [1.82, 2.24) is 14.5 Å². The molecule has 0 fully saturated rings. The Balaban J connectivity index is 1.95. The van der Waals surface area contributed by atoms with Crippen LogP contribution in [0.2, 0.25) is 0 Å². The van der Waals surface area contributed by atoms with Gasteiger partial charge < -0.3 is 9.64 Å². The van der Waals surface area contributed by atoms with Gasteiger partial charge in [-0.15, -0.1) is 11.3 Å². The van der Waals surface area contributed by atoms with E-state index in [9.17, 15) is 9.18 Å². The molecule has 176 valence electrons. The van der Waals surface area contributed by atoms with Crippen LogP contribution < -0.4 is 4.74 Å². The summed E-state index contributed by atoms with van der Waals surface area (Å²) in [5.41, 5.74) is 4.26. The minimum absolute atomic E-state index is 0.117. The van der Waals surface area contributed by atoms with Crippen molar-refractivity contribution in [3.8, 4) is 22.1 Å². The van der Waals surface area contributed by atoms with E-state index in [1.54, 1.807) is 25.1 Å². The molecule has 0 spiro atoms. The molecule has 0 saturated heterocycles. The third-order valence-electron chi connectivity index (χ3n) is 6.26. The second-order valence-corrected chi connectivity index (χ2v) is 11.1. The fourth-order valence-corrected chi connectivity index (χ4v) is 4.99.